The quantitative estimate of drug-likeness (QED) is 0.374. The van der Waals surface area contributed by atoms with Crippen molar-refractivity contribution < 1.29 is 14.3 Å². The Morgan fingerprint density at radius 2 is 1.55 bits per heavy atom. The van der Waals surface area contributed by atoms with Gasteiger partial charge in [-0.2, -0.15) is 5.10 Å². The van der Waals surface area contributed by atoms with Gasteiger partial charge in [0.05, 0.1) is 16.9 Å². The summed E-state index contributed by atoms with van der Waals surface area (Å²) < 4.78 is 5.73. The number of hydrogen-bond acceptors (Lipinski definition) is 4. The van der Waals surface area contributed by atoms with Gasteiger partial charge in [0.2, 0.25) is 11.8 Å². The Hall–Kier alpha value is -3.64. The van der Waals surface area contributed by atoms with Crippen molar-refractivity contribution in [3.63, 3.8) is 0 Å². The van der Waals surface area contributed by atoms with Gasteiger partial charge < -0.3 is 10.1 Å². The Balaban J connectivity index is 1.38. The highest BCUT2D eigenvalue weighted by Crippen LogP contribution is 2.20. The Morgan fingerprint density at radius 3 is 2.29 bits per heavy atom. The van der Waals surface area contributed by atoms with Crippen molar-refractivity contribution in [2.75, 3.05) is 5.32 Å². The lowest BCUT2D eigenvalue weighted by Crippen LogP contribution is -2.20. The van der Waals surface area contributed by atoms with Crippen LogP contribution < -0.4 is 15.5 Å². The van der Waals surface area contributed by atoms with E-state index in [2.05, 4.69) is 15.8 Å². The minimum atomic E-state index is -0.353. The number of carbonyl (C=O) groups is 2. The fourth-order valence-corrected chi connectivity index (χ4v) is 2.81. The molecule has 3 aromatic rings. The molecule has 0 heterocycles. The minimum absolute atomic E-state index is 0.0138. The lowest BCUT2D eigenvalue weighted by Gasteiger charge is -2.06. The van der Waals surface area contributed by atoms with Gasteiger partial charge in [0.15, 0.2) is 0 Å². The summed E-state index contributed by atoms with van der Waals surface area (Å²) in [6.45, 7) is 0.494. The molecule has 6 nitrogen and oxygen atoms in total. The van der Waals surface area contributed by atoms with Gasteiger partial charge in [-0.05, 0) is 47.5 Å². The van der Waals surface area contributed by atoms with E-state index >= 15 is 0 Å². The molecular weight excluding hydrogens is 414 g/mol. The molecule has 7 heteroatoms. The standard InChI is InChI=1S/C24H22ClN3O3/c25-21-8-4-5-9-22(21)27-23(29)14-15-24(30)28-26-16-18-10-12-20(13-11-18)31-17-19-6-2-1-3-7-19/h1-13,16H,14-15,17H2,(H,27,29)(H,28,30)/b26-16+. The first-order valence-electron chi connectivity index (χ1n) is 9.73. The predicted octanol–water partition coefficient (Wildman–Crippen LogP) is 4.79. The highest BCUT2D eigenvalue weighted by atomic mass is 35.5. The number of halogens is 1. The molecule has 0 aliphatic rings. The largest absolute Gasteiger partial charge is 0.489 e. The van der Waals surface area contributed by atoms with Gasteiger partial charge in [0.1, 0.15) is 12.4 Å². The van der Waals surface area contributed by atoms with Crippen molar-refractivity contribution in [2.24, 2.45) is 5.10 Å². The van der Waals surface area contributed by atoms with Crippen molar-refractivity contribution in [2.45, 2.75) is 19.4 Å². The van der Waals surface area contributed by atoms with Crippen molar-refractivity contribution in [1.82, 2.24) is 5.43 Å². The van der Waals surface area contributed by atoms with Crippen LogP contribution in [0.1, 0.15) is 24.0 Å². The molecule has 158 valence electrons. The molecular formula is C24H22ClN3O3. The van der Waals surface area contributed by atoms with Gasteiger partial charge in [-0.25, -0.2) is 5.43 Å². The van der Waals surface area contributed by atoms with Crippen LogP contribution in [0.15, 0.2) is 84.0 Å². The van der Waals surface area contributed by atoms with E-state index in [0.29, 0.717) is 17.3 Å². The van der Waals surface area contributed by atoms with Crippen LogP contribution in [0.4, 0.5) is 5.69 Å². The molecule has 0 saturated heterocycles. The minimum Gasteiger partial charge on any atom is -0.489 e. The summed E-state index contributed by atoms with van der Waals surface area (Å²) in [6.07, 6.45) is 1.57. The topological polar surface area (TPSA) is 79.8 Å². The van der Waals surface area contributed by atoms with E-state index in [-0.39, 0.29) is 24.7 Å². The summed E-state index contributed by atoms with van der Waals surface area (Å²) in [6, 6.07) is 24.2. The lowest BCUT2D eigenvalue weighted by molar-refractivity contribution is -0.124. The zero-order chi connectivity index (χ0) is 21.9. The van der Waals surface area contributed by atoms with Gasteiger partial charge in [0, 0.05) is 12.8 Å². The maximum absolute atomic E-state index is 11.9. The first kappa shape index (κ1) is 22.1. The Kier molecular flexibility index (Phi) is 8.20. The second-order valence-corrected chi connectivity index (χ2v) is 7.07. The fraction of sp³-hybridized carbons (Fsp3) is 0.125. The molecule has 3 aromatic carbocycles. The normalized spacial score (nSPS) is 10.6. The Labute approximate surface area is 185 Å². The zero-order valence-corrected chi connectivity index (χ0v) is 17.5. The molecule has 0 atom stereocenters. The summed E-state index contributed by atoms with van der Waals surface area (Å²) in [4.78, 5) is 23.8. The molecule has 0 aliphatic carbocycles. The fourth-order valence-electron chi connectivity index (χ4n) is 2.63. The number of hydrazone groups is 1. The van der Waals surface area contributed by atoms with Crippen LogP contribution in [0.3, 0.4) is 0 Å². The number of hydrogen-bond donors (Lipinski definition) is 2. The van der Waals surface area contributed by atoms with Crippen LogP contribution in [0.5, 0.6) is 5.75 Å². The van der Waals surface area contributed by atoms with Crippen LogP contribution in [0, 0.1) is 0 Å². The summed E-state index contributed by atoms with van der Waals surface area (Å²) in [5.74, 6) is 0.0984. The number of nitrogens with zero attached hydrogens (tertiary/aromatic N) is 1. The van der Waals surface area contributed by atoms with E-state index in [0.717, 1.165) is 16.9 Å². The third-order valence-corrected chi connectivity index (χ3v) is 4.59. The Bertz CT molecular complexity index is 1040. The maximum Gasteiger partial charge on any atom is 0.240 e. The van der Waals surface area contributed by atoms with Crippen LogP contribution in [0.2, 0.25) is 5.02 Å². The molecule has 3 rings (SSSR count). The van der Waals surface area contributed by atoms with Crippen LogP contribution in [-0.2, 0) is 16.2 Å². The molecule has 0 aliphatic heterocycles. The number of amides is 2. The maximum atomic E-state index is 11.9. The van der Waals surface area contributed by atoms with E-state index in [1.807, 2.05) is 54.6 Å². The smallest absolute Gasteiger partial charge is 0.240 e. The highest BCUT2D eigenvalue weighted by molar-refractivity contribution is 6.33. The summed E-state index contributed by atoms with van der Waals surface area (Å²) in [5, 5.41) is 7.04. The first-order valence-corrected chi connectivity index (χ1v) is 10.1. The molecule has 2 amide bonds. The van der Waals surface area contributed by atoms with E-state index in [1.54, 1.807) is 24.3 Å². The lowest BCUT2D eigenvalue weighted by atomic mass is 10.2. The van der Waals surface area contributed by atoms with Gasteiger partial charge in [-0.3, -0.25) is 9.59 Å². The van der Waals surface area contributed by atoms with E-state index < -0.39 is 0 Å². The molecule has 0 bridgehead atoms. The predicted molar refractivity (Wildman–Crippen MR) is 122 cm³/mol. The molecule has 0 aromatic heterocycles. The average Bonchev–Trinajstić information content (AvgIpc) is 2.79. The number of anilines is 1. The molecule has 2 N–H and O–H groups in total. The second-order valence-electron chi connectivity index (χ2n) is 6.66. The number of benzene rings is 3. The summed E-state index contributed by atoms with van der Waals surface area (Å²) in [7, 11) is 0. The third-order valence-electron chi connectivity index (χ3n) is 4.26. The van der Waals surface area contributed by atoms with Crippen LogP contribution in [0.25, 0.3) is 0 Å². The monoisotopic (exact) mass is 435 g/mol. The van der Waals surface area contributed by atoms with Crippen LogP contribution in [-0.4, -0.2) is 18.0 Å². The van der Waals surface area contributed by atoms with Crippen molar-refractivity contribution in [3.05, 3.63) is 95.0 Å². The molecule has 0 fully saturated rings. The highest BCUT2D eigenvalue weighted by Gasteiger charge is 2.08. The van der Waals surface area contributed by atoms with E-state index in [1.165, 1.54) is 6.21 Å². The number of carbonyl (C=O) groups excluding carboxylic acids is 2. The van der Waals surface area contributed by atoms with E-state index in [4.69, 9.17) is 16.3 Å². The number of nitrogens with one attached hydrogen (secondary N) is 2. The van der Waals surface area contributed by atoms with Crippen molar-refractivity contribution in [3.8, 4) is 5.75 Å². The van der Waals surface area contributed by atoms with Gasteiger partial charge in [0.25, 0.3) is 0 Å². The molecule has 0 spiro atoms. The zero-order valence-electron chi connectivity index (χ0n) is 16.8. The van der Waals surface area contributed by atoms with E-state index in [9.17, 15) is 9.59 Å². The van der Waals surface area contributed by atoms with Gasteiger partial charge in [-0.15, -0.1) is 0 Å². The van der Waals surface area contributed by atoms with Gasteiger partial charge >= 0.3 is 0 Å². The second kappa shape index (κ2) is 11.5. The Morgan fingerprint density at radius 1 is 0.871 bits per heavy atom. The molecule has 0 saturated carbocycles. The third kappa shape index (κ3) is 7.60. The number of para-hydroxylation sites is 1. The molecule has 31 heavy (non-hydrogen) atoms. The summed E-state index contributed by atoms with van der Waals surface area (Å²) in [5.41, 5.74) is 4.84. The molecule has 0 radical (unpaired) electrons. The number of rotatable bonds is 9. The molecule has 0 unspecified atom stereocenters. The SMILES string of the molecule is O=C(CCC(=O)Nc1ccccc1Cl)N/N=C/c1ccc(OCc2ccccc2)cc1. The van der Waals surface area contributed by atoms with Gasteiger partial charge in [-0.1, -0.05) is 54.1 Å². The number of ether oxygens (including phenoxy) is 1. The first-order chi connectivity index (χ1) is 15.1. The average molecular weight is 436 g/mol. The van der Waals surface area contributed by atoms with Crippen LogP contribution >= 0.6 is 11.6 Å². The van der Waals surface area contributed by atoms with Crippen molar-refractivity contribution >= 4 is 35.3 Å². The summed E-state index contributed by atoms with van der Waals surface area (Å²) >= 11 is 5.99. The van der Waals surface area contributed by atoms with Crippen molar-refractivity contribution in [1.29, 1.82) is 0 Å².